The van der Waals surface area contributed by atoms with Gasteiger partial charge < -0.3 is 10.2 Å². The fraction of sp³-hybridized carbons (Fsp3) is 0.650. The summed E-state index contributed by atoms with van der Waals surface area (Å²) in [5, 5.41) is 2.97. The number of amides is 1. The summed E-state index contributed by atoms with van der Waals surface area (Å²) < 4.78 is 27.5. The first-order valence-corrected chi connectivity index (χ1v) is 11.5. The summed E-state index contributed by atoms with van der Waals surface area (Å²) in [4.78, 5) is 15.2. The van der Waals surface area contributed by atoms with Gasteiger partial charge in [-0.3, -0.25) is 4.79 Å². The highest BCUT2D eigenvalue weighted by Crippen LogP contribution is 2.48. The van der Waals surface area contributed by atoms with Crippen LogP contribution in [-0.4, -0.2) is 56.3 Å². The van der Waals surface area contributed by atoms with Gasteiger partial charge in [-0.2, -0.15) is 4.31 Å². The number of nitrogens with one attached hydrogen (secondary N) is 1. The summed E-state index contributed by atoms with van der Waals surface area (Å²) in [6, 6.07) is 6.71. The molecule has 1 heterocycles. The molecular formula is C20H29N3O3S. The third kappa shape index (κ3) is 3.77. The van der Waals surface area contributed by atoms with Crippen LogP contribution in [0.3, 0.4) is 0 Å². The van der Waals surface area contributed by atoms with Crippen molar-refractivity contribution in [2.75, 3.05) is 38.0 Å². The second kappa shape index (κ2) is 7.53. The van der Waals surface area contributed by atoms with Crippen molar-refractivity contribution in [1.29, 1.82) is 0 Å². The first kappa shape index (κ1) is 18.9. The van der Waals surface area contributed by atoms with Crippen LogP contribution in [0.4, 0.5) is 5.69 Å². The topological polar surface area (TPSA) is 69.7 Å². The van der Waals surface area contributed by atoms with Crippen molar-refractivity contribution in [2.24, 2.45) is 17.8 Å². The summed E-state index contributed by atoms with van der Waals surface area (Å²) in [5.41, 5.74) is 0.580. The van der Waals surface area contributed by atoms with E-state index in [9.17, 15) is 13.2 Å². The van der Waals surface area contributed by atoms with Gasteiger partial charge >= 0.3 is 0 Å². The molecule has 1 aromatic carbocycles. The second-order valence-corrected chi connectivity index (χ2v) is 10.1. The molecule has 2 bridgehead atoms. The first-order chi connectivity index (χ1) is 13.0. The van der Waals surface area contributed by atoms with E-state index < -0.39 is 10.0 Å². The number of nitrogens with zero attached hydrogens (tertiary/aromatic N) is 2. The van der Waals surface area contributed by atoms with Gasteiger partial charge in [0, 0.05) is 37.8 Å². The van der Waals surface area contributed by atoms with Gasteiger partial charge in [0.2, 0.25) is 15.9 Å². The molecule has 1 aromatic rings. The molecule has 3 unspecified atom stereocenters. The van der Waals surface area contributed by atoms with Crippen LogP contribution in [0.15, 0.2) is 29.2 Å². The number of hydrogen-bond acceptors (Lipinski definition) is 4. The van der Waals surface area contributed by atoms with Gasteiger partial charge in [-0.15, -0.1) is 0 Å². The van der Waals surface area contributed by atoms with Gasteiger partial charge in [0.15, 0.2) is 0 Å². The lowest BCUT2D eigenvalue weighted by molar-refractivity contribution is -0.121. The van der Waals surface area contributed by atoms with Crippen LogP contribution in [0, 0.1) is 17.8 Å². The maximum absolute atomic E-state index is 13.0. The van der Waals surface area contributed by atoms with Crippen LogP contribution in [0.1, 0.15) is 32.6 Å². The van der Waals surface area contributed by atoms with Crippen molar-refractivity contribution in [1.82, 2.24) is 9.21 Å². The largest absolute Gasteiger partial charge is 0.326 e. The highest BCUT2D eigenvalue weighted by Gasteiger charge is 2.43. The highest BCUT2D eigenvalue weighted by molar-refractivity contribution is 7.89. The number of likely N-dealkylation sites (N-methyl/N-ethyl adjacent to an activating group) is 1. The van der Waals surface area contributed by atoms with Gasteiger partial charge in [0.25, 0.3) is 0 Å². The van der Waals surface area contributed by atoms with E-state index in [4.69, 9.17) is 0 Å². The van der Waals surface area contributed by atoms with E-state index in [0.29, 0.717) is 30.6 Å². The highest BCUT2D eigenvalue weighted by atomic mass is 32.2. The van der Waals surface area contributed by atoms with E-state index in [0.717, 1.165) is 32.5 Å². The molecule has 0 aromatic heterocycles. The molecule has 1 saturated heterocycles. The van der Waals surface area contributed by atoms with Crippen molar-refractivity contribution in [3.8, 4) is 0 Å². The molecule has 2 aliphatic carbocycles. The van der Waals surface area contributed by atoms with E-state index >= 15 is 0 Å². The molecule has 4 rings (SSSR count). The van der Waals surface area contributed by atoms with Gasteiger partial charge in [0.05, 0.1) is 4.90 Å². The second-order valence-electron chi connectivity index (χ2n) is 8.14. The third-order valence-electron chi connectivity index (χ3n) is 6.59. The summed E-state index contributed by atoms with van der Waals surface area (Å²) in [7, 11) is -3.52. The molecule has 6 nitrogen and oxygen atoms in total. The fourth-order valence-corrected chi connectivity index (χ4v) is 6.44. The molecule has 1 N–H and O–H groups in total. The Morgan fingerprint density at radius 2 is 1.93 bits per heavy atom. The third-order valence-corrected chi connectivity index (χ3v) is 8.49. The number of fused-ring (bicyclic) bond motifs is 2. The quantitative estimate of drug-likeness (QED) is 0.837. The van der Waals surface area contributed by atoms with Crippen LogP contribution in [0.25, 0.3) is 0 Å². The van der Waals surface area contributed by atoms with Crippen molar-refractivity contribution in [3.05, 3.63) is 24.3 Å². The summed E-state index contributed by atoms with van der Waals surface area (Å²) in [5.74, 6) is 1.36. The van der Waals surface area contributed by atoms with E-state index in [1.54, 1.807) is 28.6 Å². The number of carbonyl (C=O) groups is 1. The average molecular weight is 392 g/mol. The molecule has 1 amide bonds. The molecule has 3 atom stereocenters. The molecule has 3 aliphatic rings. The molecule has 3 fully saturated rings. The normalized spacial score (nSPS) is 29.1. The van der Waals surface area contributed by atoms with Crippen LogP contribution in [0.5, 0.6) is 0 Å². The summed E-state index contributed by atoms with van der Waals surface area (Å²) in [6.07, 6.45) is 4.57. The van der Waals surface area contributed by atoms with Crippen LogP contribution in [-0.2, 0) is 14.8 Å². The number of anilines is 1. The summed E-state index contributed by atoms with van der Waals surface area (Å²) in [6.45, 7) is 5.58. The van der Waals surface area contributed by atoms with Gasteiger partial charge in [-0.25, -0.2) is 8.42 Å². The monoisotopic (exact) mass is 391 g/mol. The Morgan fingerprint density at radius 3 is 2.56 bits per heavy atom. The molecular weight excluding hydrogens is 362 g/mol. The Morgan fingerprint density at radius 1 is 1.15 bits per heavy atom. The Labute approximate surface area is 162 Å². The number of rotatable bonds is 5. The van der Waals surface area contributed by atoms with Crippen molar-refractivity contribution in [3.63, 3.8) is 0 Å². The lowest BCUT2D eigenvalue weighted by atomic mass is 9.88. The van der Waals surface area contributed by atoms with Crippen molar-refractivity contribution < 1.29 is 13.2 Å². The maximum Gasteiger partial charge on any atom is 0.243 e. The van der Waals surface area contributed by atoms with E-state index in [-0.39, 0.29) is 16.7 Å². The van der Waals surface area contributed by atoms with Crippen molar-refractivity contribution in [2.45, 2.75) is 37.5 Å². The van der Waals surface area contributed by atoms with E-state index in [1.807, 2.05) is 0 Å². The van der Waals surface area contributed by atoms with E-state index in [2.05, 4.69) is 17.1 Å². The van der Waals surface area contributed by atoms with Gasteiger partial charge in [0.1, 0.15) is 0 Å². The van der Waals surface area contributed by atoms with Crippen molar-refractivity contribution >= 4 is 21.6 Å². The van der Waals surface area contributed by atoms with E-state index in [1.165, 1.54) is 12.8 Å². The number of carbonyl (C=O) groups excluding carboxylic acids is 1. The number of hydrogen-bond donors (Lipinski definition) is 1. The van der Waals surface area contributed by atoms with Crippen LogP contribution >= 0.6 is 0 Å². The average Bonchev–Trinajstić information content (AvgIpc) is 3.32. The molecule has 27 heavy (non-hydrogen) atoms. The molecule has 7 heteroatoms. The lowest BCUT2D eigenvalue weighted by Gasteiger charge is -2.33. The Balaban J connectivity index is 1.45. The number of sulfonamides is 1. The molecule has 2 saturated carbocycles. The van der Waals surface area contributed by atoms with Crippen LogP contribution < -0.4 is 5.32 Å². The minimum absolute atomic E-state index is 0.0494. The lowest BCUT2D eigenvalue weighted by Crippen LogP contribution is -2.48. The zero-order valence-corrected chi connectivity index (χ0v) is 16.7. The smallest absolute Gasteiger partial charge is 0.243 e. The standard InChI is InChI=1S/C20H29N3O3S/c1-2-22-8-10-23(11-9-22)27(25,26)18-5-3-4-17(14-18)21-20(24)19-13-15-6-7-16(19)12-15/h3-5,14-16,19H,2,6-13H2,1H3,(H,21,24). The predicted octanol–water partition coefficient (Wildman–Crippen LogP) is 2.39. The van der Waals surface area contributed by atoms with Crippen LogP contribution in [0.2, 0.25) is 0 Å². The minimum atomic E-state index is -3.52. The Hall–Kier alpha value is -1.44. The zero-order valence-electron chi connectivity index (χ0n) is 15.9. The number of benzene rings is 1. The molecule has 148 valence electrons. The Kier molecular flexibility index (Phi) is 5.27. The Bertz CT molecular complexity index is 802. The minimum Gasteiger partial charge on any atom is -0.326 e. The molecule has 1 aliphatic heterocycles. The zero-order chi connectivity index (χ0) is 19.0. The first-order valence-electron chi connectivity index (χ1n) is 10.1. The fourth-order valence-electron chi connectivity index (χ4n) is 4.97. The van der Waals surface area contributed by atoms with Gasteiger partial charge in [-0.1, -0.05) is 19.4 Å². The number of piperazine rings is 1. The molecule has 0 radical (unpaired) electrons. The predicted molar refractivity (Wildman–Crippen MR) is 105 cm³/mol. The van der Waals surface area contributed by atoms with Gasteiger partial charge in [-0.05, 0) is 55.8 Å². The molecule has 0 spiro atoms. The summed E-state index contributed by atoms with van der Waals surface area (Å²) >= 11 is 0. The SMILES string of the molecule is CCN1CCN(S(=O)(=O)c2cccc(NC(=O)C3CC4CCC3C4)c2)CC1. The maximum atomic E-state index is 13.0.